The summed E-state index contributed by atoms with van der Waals surface area (Å²) >= 11 is 6.02. The Hall–Kier alpha value is -2.33. The molecule has 1 aliphatic heterocycles. The second-order valence-corrected chi connectivity index (χ2v) is 8.60. The molecule has 0 aromatic heterocycles. The van der Waals surface area contributed by atoms with E-state index >= 15 is 0 Å². The van der Waals surface area contributed by atoms with Gasteiger partial charge in [-0.3, -0.25) is 4.90 Å². The fourth-order valence-corrected chi connectivity index (χ4v) is 4.61. The van der Waals surface area contributed by atoms with Crippen LogP contribution in [0.2, 0.25) is 5.02 Å². The largest absolute Gasteiger partial charge is 0.380 e. The lowest BCUT2D eigenvalue weighted by molar-refractivity contribution is 0.00667. The van der Waals surface area contributed by atoms with Crippen LogP contribution in [0.3, 0.4) is 0 Å². The number of halogens is 1. The van der Waals surface area contributed by atoms with Gasteiger partial charge in [0.15, 0.2) is 0 Å². The van der Waals surface area contributed by atoms with Crippen LogP contribution in [0.5, 0.6) is 0 Å². The van der Waals surface area contributed by atoms with Crippen LogP contribution < -0.4 is 4.90 Å². The first kappa shape index (κ1) is 20.9. The van der Waals surface area contributed by atoms with E-state index in [0.29, 0.717) is 0 Å². The summed E-state index contributed by atoms with van der Waals surface area (Å²) in [5, 5.41) is 12.7. The molecule has 1 atom stereocenters. The summed E-state index contributed by atoms with van der Waals surface area (Å²) in [7, 11) is 0. The maximum absolute atomic E-state index is 12.0. The number of piperazine rings is 1. The van der Waals surface area contributed by atoms with Crippen molar-refractivity contribution in [3.63, 3.8) is 0 Å². The zero-order valence-electron chi connectivity index (χ0n) is 17.4. The summed E-state index contributed by atoms with van der Waals surface area (Å²) in [6.07, 6.45) is 0. The van der Waals surface area contributed by atoms with Gasteiger partial charge >= 0.3 is 0 Å². The molecule has 0 spiro atoms. The molecule has 1 saturated heterocycles. The molecule has 0 saturated carbocycles. The summed E-state index contributed by atoms with van der Waals surface area (Å²) in [6.45, 7) is 6.91. The third-order valence-electron chi connectivity index (χ3n) is 6.24. The molecule has 3 aromatic carbocycles. The van der Waals surface area contributed by atoms with E-state index in [-0.39, 0.29) is 5.92 Å². The molecule has 0 bridgehead atoms. The molecule has 156 valence electrons. The van der Waals surface area contributed by atoms with E-state index in [1.807, 2.05) is 72.8 Å². The topological polar surface area (TPSA) is 26.7 Å². The van der Waals surface area contributed by atoms with Gasteiger partial charge in [0.1, 0.15) is 5.60 Å². The number of nitrogens with zero attached hydrogens (tertiary/aromatic N) is 2. The number of rotatable bonds is 6. The molecular formula is C26H29ClN2O. The van der Waals surface area contributed by atoms with Crippen LogP contribution in [0.15, 0.2) is 84.9 Å². The van der Waals surface area contributed by atoms with Gasteiger partial charge in [-0.2, -0.15) is 0 Å². The zero-order valence-corrected chi connectivity index (χ0v) is 18.2. The fraction of sp³-hybridized carbons (Fsp3) is 0.308. The maximum atomic E-state index is 12.0. The number of hydrogen-bond donors (Lipinski definition) is 1. The molecule has 0 amide bonds. The quantitative estimate of drug-likeness (QED) is 0.605. The predicted octanol–water partition coefficient (Wildman–Crippen LogP) is 5.03. The van der Waals surface area contributed by atoms with Crippen molar-refractivity contribution in [1.82, 2.24) is 4.90 Å². The molecular weight excluding hydrogens is 392 g/mol. The van der Waals surface area contributed by atoms with E-state index in [0.717, 1.165) is 48.9 Å². The molecule has 1 aliphatic rings. The van der Waals surface area contributed by atoms with E-state index in [4.69, 9.17) is 11.6 Å². The molecule has 4 heteroatoms. The van der Waals surface area contributed by atoms with Crippen LogP contribution in [-0.4, -0.2) is 42.7 Å². The van der Waals surface area contributed by atoms with E-state index in [9.17, 15) is 5.11 Å². The molecule has 3 nitrogen and oxygen atoms in total. The Kier molecular flexibility index (Phi) is 6.43. The Bertz CT molecular complexity index is 883. The Morgan fingerprint density at radius 2 is 1.30 bits per heavy atom. The van der Waals surface area contributed by atoms with Crippen LogP contribution >= 0.6 is 11.6 Å². The summed E-state index contributed by atoms with van der Waals surface area (Å²) in [5.41, 5.74) is 2.10. The molecule has 0 radical (unpaired) electrons. The fourth-order valence-electron chi connectivity index (χ4n) is 4.48. The van der Waals surface area contributed by atoms with Crippen LogP contribution in [0.1, 0.15) is 18.1 Å². The average Bonchev–Trinajstić information content (AvgIpc) is 2.81. The van der Waals surface area contributed by atoms with Crippen molar-refractivity contribution in [2.24, 2.45) is 5.92 Å². The lowest BCUT2D eigenvalue weighted by atomic mass is 9.76. The van der Waals surface area contributed by atoms with Crippen molar-refractivity contribution < 1.29 is 5.11 Å². The Morgan fingerprint density at radius 3 is 1.80 bits per heavy atom. The van der Waals surface area contributed by atoms with E-state index in [1.165, 1.54) is 5.69 Å². The van der Waals surface area contributed by atoms with Crippen LogP contribution in [0, 0.1) is 5.92 Å². The van der Waals surface area contributed by atoms with Gasteiger partial charge in [-0.15, -0.1) is 0 Å². The Labute approximate surface area is 184 Å². The number of hydrogen-bond acceptors (Lipinski definition) is 3. The first-order chi connectivity index (χ1) is 14.6. The second-order valence-electron chi connectivity index (χ2n) is 8.16. The minimum Gasteiger partial charge on any atom is -0.380 e. The number of anilines is 1. The third kappa shape index (κ3) is 4.39. The molecule has 0 aliphatic carbocycles. The second kappa shape index (κ2) is 9.22. The first-order valence-electron chi connectivity index (χ1n) is 10.6. The summed E-state index contributed by atoms with van der Waals surface area (Å²) in [5.74, 6) is 0.0457. The highest BCUT2D eigenvalue weighted by Gasteiger charge is 2.38. The zero-order chi connectivity index (χ0) is 21.0. The van der Waals surface area contributed by atoms with Crippen LogP contribution in [-0.2, 0) is 5.60 Å². The Balaban J connectivity index is 1.47. The first-order valence-corrected chi connectivity index (χ1v) is 11.0. The number of aliphatic hydroxyl groups is 1. The van der Waals surface area contributed by atoms with Gasteiger partial charge in [-0.05, 0) is 35.4 Å². The monoisotopic (exact) mass is 420 g/mol. The van der Waals surface area contributed by atoms with E-state index in [2.05, 4.69) is 28.9 Å². The molecule has 4 rings (SSSR count). The predicted molar refractivity (Wildman–Crippen MR) is 125 cm³/mol. The van der Waals surface area contributed by atoms with Crippen LogP contribution in [0.4, 0.5) is 5.69 Å². The van der Waals surface area contributed by atoms with E-state index in [1.54, 1.807) is 0 Å². The van der Waals surface area contributed by atoms with Gasteiger partial charge < -0.3 is 10.0 Å². The highest BCUT2D eigenvalue weighted by molar-refractivity contribution is 6.30. The van der Waals surface area contributed by atoms with Crippen molar-refractivity contribution in [1.29, 1.82) is 0 Å². The smallest absolute Gasteiger partial charge is 0.118 e. The van der Waals surface area contributed by atoms with Crippen molar-refractivity contribution >= 4 is 17.3 Å². The molecule has 1 unspecified atom stereocenters. The molecule has 1 heterocycles. The van der Waals surface area contributed by atoms with Gasteiger partial charge in [-0.25, -0.2) is 0 Å². The van der Waals surface area contributed by atoms with Crippen LogP contribution in [0.25, 0.3) is 0 Å². The van der Waals surface area contributed by atoms with Gasteiger partial charge in [0.2, 0.25) is 0 Å². The lowest BCUT2D eigenvalue weighted by Crippen LogP contribution is -2.50. The van der Waals surface area contributed by atoms with Gasteiger partial charge in [-0.1, -0.05) is 79.2 Å². The SMILES string of the molecule is CC(CN1CCN(c2ccc(Cl)cc2)CC1)C(O)(c1ccccc1)c1ccccc1. The molecule has 1 fully saturated rings. The highest BCUT2D eigenvalue weighted by Crippen LogP contribution is 2.37. The van der Waals surface area contributed by atoms with Gasteiger partial charge in [0.05, 0.1) is 0 Å². The molecule has 30 heavy (non-hydrogen) atoms. The maximum Gasteiger partial charge on any atom is 0.118 e. The Morgan fingerprint density at radius 1 is 0.800 bits per heavy atom. The standard InChI is InChI=1S/C26H29ClN2O/c1-21(20-28-16-18-29(19-17-28)25-14-12-24(27)13-15-25)26(30,22-8-4-2-5-9-22)23-10-6-3-7-11-23/h2-15,21,30H,16-20H2,1H3. The molecule has 3 aromatic rings. The van der Waals surface area contributed by atoms with Crippen molar-refractivity contribution in [3.8, 4) is 0 Å². The van der Waals surface area contributed by atoms with Crippen molar-refractivity contribution in [3.05, 3.63) is 101 Å². The minimum atomic E-state index is -1.02. The highest BCUT2D eigenvalue weighted by atomic mass is 35.5. The normalized spacial score (nSPS) is 16.4. The van der Waals surface area contributed by atoms with Crippen molar-refractivity contribution in [2.45, 2.75) is 12.5 Å². The van der Waals surface area contributed by atoms with Gasteiger partial charge in [0, 0.05) is 49.4 Å². The summed E-state index contributed by atoms with van der Waals surface area (Å²) in [4.78, 5) is 4.87. The molecule has 1 N–H and O–H groups in total. The summed E-state index contributed by atoms with van der Waals surface area (Å²) in [6, 6.07) is 28.2. The van der Waals surface area contributed by atoms with E-state index < -0.39 is 5.60 Å². The van der Waals surface area contributed by atoms with Gasteiger partial charge in [0.25, 0.3) is 0 Å². The van der Waals surface area contributed by atoms with Crippen molar-refractivity contribution in [2.75, 3.05) is 37.6 Å². The average molecular weight is 421 g/mol. The number of benzene rings is 3. The minimum absolute atomic E-state index is 0.0457. The lowest BCUT2D eigenvalue weighted by Gasteiger charge is -2.41. The third-order valence-corrected chi connectivity index (χ3v) is 6.49. The summed E-state index contributed by atoms with van der Waals surface area (Å²) < 4.78 is 0.